The van der Waals surface area contributed by atoms with E-state index in [1.807, 2.05) is 13.8 Å². The van der Waals surface area contributed by atoms with Crippen LogP contribution in [0.3, 0.4) is 0 Å². The number of imide groups is 1. The van der Waals surface area contributed by atoms with Gasteiger partial charge in [0.1, 0.15) is 0 Å². The third-order valence-corrected chi connectivity index (χ3v) is 4.22. The Morgan fingerprint density at radius 3 is 2.20 bits per heavy atom. The van der Waals surface area contributed by atoms with Gasteiger partial charge in [0.05, 0.1) is 11.8 Å². The van der Waals surface area contributed by atoms with Gasteiger partial charge < -0.3 is 0 Å². The van der Waals surface area contributed by atoms with Crippen LogP contribution in [0.4, 0.5) is 0 Å². The normalized spacial score (nSPS) is 32.1. The van der Waals surface area contributed by atoms with Crippen LogP contribution in [0.25, 0.3) is 0 Å². The minimum Gasteiger partial charge on any atom is -0.282 e. The second-order valence-electron chi connectivity index (χ2n) is 5.00. The van der Waals surface area contributed by atoms with Gasteiger partial charge in [-0.1, -0.05) is 29.8 Å². The van der Waals surface area contributed by atoms with Gasteiger partial charge in [-0.05, 0) is 18.3 Å². The first-order chi connectivity index (χ1) is 7.01. The maximum atomic E-state index is 11.9. The van der Waals surface area contributed by atoms with Crippen LogP contribution in [0.15, 0.2) is 0 Å². The number of halogens is 1. The fourth-order valence-corrected chi connectivity index (χ4v) is 2.99. The Morgan fingerprint density at radius 2 is 1.73 bits per heavy atom. The molecule has 0 aromatic heterocycles. The number of unbranched alkanes of at least 4 members (excludes halogenated alkanes) is 1. The monoisotopic (exact) mass is 273 g/mol. The third kappa shape index (κ3) is 1.53. The largest absolute Gasteiger partial charge is 0.282 e. The lowest BCUT2D eigenvalue weighted by molar-refractivity contribution is -0.143. The third-order valence-electron chi connectivity index (χ3n) is 3.66. The van der Waals surface area contributed by atoms with Crippen LogP contribution in [-0.2, 0) is 9.59 Å². The zero-order chi connectivity index (χ0) is 11.2. The molecule has 2 atom stereocenters. The van der Waals surface area contributed by atoms with Gasteiger partial charge >= 0.3 is 0 Å². The lowest BCUT2D eigenvalue weighted by atomic mass is 10.1. The summed E-state index contributed by atoms with van der Waals surface area (Å²) in [6, 6.07) is 0. The molecule has 1 aliphatic heterocycles. The van der Waals surface area contributed by atoms with E-state index in [0.717, 1.165) is 18.2 Å². The average molecular weight is 274 g/mol. The molecule has 0 radical (unpaired) electrons. The predicted octanol–water partition coefficient (Wildman–Crippen LogP) is 1.80. The number of carbonyl (C=O) groups is 2. The topological polar surface area (TPSA) is 37.4 Å². The summed E-state index contributed by atoms with van der Waals surface area (Å²) in [5, 5.41) is 0.932. The Morgan fingerprint density at radius 1 is 1.20 bits per heavy atom. The highest BCUT2D eigenvalue weighted by Gasteiger charge is 2.72. The van der Waals surface area contributed by atoms with Gasteiger partial charge in [-0.15, -0.1) is 0 Å². The fraction of sp³-hybridized carbons (Fsp3) is 0.818. The number of carbonyl (C=O) groups excluding carboxylic acids is 2. The predicted molar refractivity (Wildman–Crippen MR) is 60.5 cm³/mol. The summed E-state index contributed by atoms with van der Waals surface area (Å²) in [6.07, 6.45) is 1.92. The van der Waals surface area contributed by atoms with Crippen LogP contribution < -0.4 is 0 Å². The van der Waals surface area contributed by atoms with Crippen LogP contribution in [0.5, 0.6) is 0 Å². The van der Waals surface area contributed by atoms with Crippen LogP contribution in [0.1, 0.15) is 26.7 Å². The minimum atomic E-state index is -0.0694. The van der Waals surface area contributed by atoms with Gasteiger partial charge in [0.15, 0.2) is 0 Å². The van der Waals surface area contributed by atoms with Crippen molar-refractivity contribution >= 4 is 27.7 Å². The van der Waals surface area contributed by atoms with Crippen LogP contribution in [0.2, 0.25) is 0 Å². The van der Waals surface area contributed by atoms with Crippen LogP contribution >= 0.6 is 15.9 Å². The van der Waals surface area contributed by atoms with Crippen molar-refractivity contribution in [2.75, 3.05) is 11.9 Å². The molecule has 3 nitrogen and oxygen atoms in total. The molecule has 1 aliphatic carbocycles. The van der Waals surface area contributed by atoms with E-state index >= 15 is 0 Å². The average Bonchev–Trinajstić information content (AvgIpc) is 2.63. The van der Waals surface area contributed by atoms with Crippen molar-refractivity contribution in [2.24, 2.45) is 17.3 Å². The number of alkyl halides is 1. The zero-order valence-electron chi connectivity index (χ0n) is 9.12. The van der Waals surface area contributed by atoms with Crippen molar-refractivity contribution in [3.8, 4) is 0 Å². The summed E-state index contributed by atoms with van der Waals surface area (Å²) >= 11 is 3.34. The fourth-order valence-electron chi connectivity index (χ4n) is 2.59. The smallest absolute Gasteiger partial charge is 0.233 e. The molecule has 2 unspecified atom stereocenters. The van der Waals surface area contributed by atoms with Gasteiger partial charge in [0.2, 0.25) is 11.8 Å². The van der Waals surface area contributed by atoms with E-state index in [-0.39, 0.29) is 29.1 Å². The molecule has 1 saturated heterocycles. The highest BCUT2D eigenvalue weighted by molar-refractivity contribution is 9.09. The SMILES string of the molecule is CC1(C)C2C(=O)N(CCCCBr)C(=O)C21. The molecule has 1 saturated carbocycles. The first-order valence-corrected chi connectivity index (χ1v) is 6.55. The Labute approximate surface area is 98.3 Å². The van der Waals surface area contributed by atoms with E-state index in [9.17, 15) is 9.59 Å². The Hall–Kier alpha value is -0.380. The van der Waals surface area contributed by atoms with E-state index in [2.05, 4.69) is 15.9 Å². The van der Waals surface area contributed by atoms with Gasteiger partial charge in [0, 0.05) is 11.9 Å². The molecule has 2 aliphatic rings. The van der Waals surface area contributed by atoms with E-state index in [0.29, 0.717) is 6.54 Å². The van der Waals surface area contributed by atoms with Crippen molar-refractivity contribution in [1.82, 2.24) is 4.90 Å². The molecule has 0 spiro atoms. The standard InChI is InChI=1S/C11H16BrNO2/c1-11(2)7-8(11)10(15)13(9(7)14)6-4-3-5-12/h7-8H,3-6H2,1-2H3. The van der Waals surface area contributed by atoms with E-state index in [1.165, 1.54) is 4.90 Å². The second-order valence-corrected chi connectivity index (χ2v) is 5.79. The molecule has 0 N–H and O–H groups in total. The number of likely N-dealkylation sites (tertiary alicyclic amines) is 1. The van der Waals surface area contributed by atoms with E-state index in [1.54, 1.807) is 0 Å². The van der Waals surface area contributed by atoms with E-state index < -0.39 is 0 Å². The lowest BCUT2D eigenvalue weighted by Gasteiger charge is -2.20. The minimum absolute atomic E-state index is 0.0195. The summed E-state index contributed by atoms with van der Waals surface area (Å²) in [7, 11) is 0. The molecular weight excluding hydrogens is 258 g/mol. The Balaban J connectivity index is 1.96. The second kappa shape index (κ2) is 3.58. The molecule has 15 heavy (non-hydrogen) atoms. The number of fused-ring (bicyclic) bond motifs is 1. The number of nitrogens with zero attached hydrogens (tertiary/aromatic N) is 1. The Kier molecular flexibility index (Phi) is 2.65. The van der Waals surface area contributed by atoms with Crippen molar-refractivity contribution in [3.05, 3.63) is 0 Å². The number of amides is 2. The highest BCUT2D eigenvalue weighted by atomic mass is 79.9. The summed E-state index contributed by atoms with van der Waals surface area (Å²) in [5.74, 6) is 0.0806. The van der Waals surface area contributed by atoms with Gasteiger partial charge in [-0.25, -0.2) is 0 Å². The molecule has 0 aromatic carbocycles. The number of hydrogen-bond donors (Lipinski definition) is 0. The molecule has 0 bridgehead atoms. The van der Waals surface area contributed by atoms with Gasteiger partial charge in [0.25, 0.3) is 0 Å². The Bertz CT molecular complexity index is 290. The first kappa shape index (κ1) is 11.1. The maximum Gasteiger partial charge on any atom is 0.233 e. The van der Waals surface area contributed by atoms with Crippen molar-refractivity contribution in [2.45, 2.75) is 26.7 Å². The van der Waals surface area contributed by atoms with Crippen LogP contribution in [-0.4, -0.2) is 28.6 Å². The van der Waals surface area contributed by atoms with E-state index in [4.69, 9.17) is 0 Å². The van der Waals surface area contributed by atoms with Gasteiger partial charge in [-0.3, -0.25) is 14.5 Å². The summed E-state index contributed by atoms with van der Waals surface area (Å²) in [4.78, 5) is 25.2. The van der Waals surface area contributed by atoms with Gasteiger partial charge in [-0.2, -0.15) is 0 Å². The summed E-state index contributed by atoms with van der Waals surface area (Å²) in [5.41, 5.74) is -0.0694. The quantitative estimate of drug-likeness (QED) is 0.445. The van der Waals surface area contributed by atoms with Crippen LogP contribution in [0, 0.1) is 17.3 Å². The molecule has 4 heteroatoms. The molecule has 2 rings (SSSR count). The number of hydrogen-bond acceptors (Lipinski definition) is 2. The number of piperidine rings is 1. The van der Waals surface area contributed by atoms with Crippen molar-refractivity contribution in [1.29, 1.82) is 0 Å². The summed E-state index contributed by atoms with van der Waals surface area (Å²) < 4.78 is 0. The van der Waals surface area contributed by atoms with Crippen molar-refractivity contribution in [3.63, 3.8) is 0 Å². The maximum absolute atomic E-state index is 11.9. The molecule has 84 valence electrons. The molecule has 2 amide bonds. The van der Waals surface area contributed by atoms with Crippen molar-refractivity contribution < 1.29 is 9.59 Å². The molecule has 0 aromatic rings. The molecule has 1 heterocycles. The highest BCUT2D eigenvalue weighted by Crippen LogP contribution is 2.63. The summed E-state index contributed by atoms with van der Waals surface area (Å²) in [6.45, 7) is 4.62. The molecular formula is C11H16BrNO2. The number of rotatable bonds is 4. The molecule has 2 fully saturated rings. The lowest BCUT2D eigenvalue weighted by Crippen LogP contribution is -2.36. The first-order valence-electron chi connectivity index (χ1n) is 5.43. The zero-order valence-corrected chi connectivity index (χ0v) is 10.7.